The van der Waals surface area contributed by atoms with Gasteiger partial charge in [0.05, 0.1) is 16.8 Å². The molecule has 294 valence electrons. The fraction of sp³-hybridized carbons (Fsp3) is 0.0167. The van der Waals surface area contributed by atoms with E-state index in [0.717, 1.165) is 44.6 Å². The van der Waals surface area contributed by atoms with Crippen molar-refractivity contribution in [3.63, 3.8) is 0 Å². The zero-order valence-electron chi connectivity index (χ0n) is 34.4. The summed E-state index contributed by atoms with van der Waals surface area (Å²) in [6, 6.07) is 81.1. The fourth-order valence-electron chi connectivity index (χ4n) is 10.1. The molecule has 0 saturated carbocycles. The van der Waals surface area contributed by atoms with E-state index in [-0.39, 0.29) is 0 Å². The summed E-state index contributed by atoms with van der Waals surface area (Å²) < 4.78 is 0. The number of pyridine rings is 1. The predicted octanol–water partition coefficient (Wildman–Crippen LogP) is 14.9. The van der Waals surface area contributed by atoms with Gasteiger partial charge in [0.1, 0.15) is 0 Å². The van der Waals surface area contributed by atoms with Crippen molar-refractivity contribution < 1.29 is 0 Å². The Kier molecular flexibility index (Phi) is 8.72. The molecule has 0 N–H and O–H groups in total. The summed E-state index contributed by atoms with van der Waals surface area (Å²) in [6.45, 7) is 0. The molecule has 3 heteroatoms. The van der Waals surface area contributed by atoms with Crippen molar-refractivity contribution in [3.8, 4) is 67.3 Å². The Hall–Kier alpha value is -8.27. The first-order valence-electron chi connectivity index (χ1n) is 21.5. The topological polar surface area (TPSA) is 38.7 Å². The molecule has 0 radical (unpaired) electrons. The molecular weight excluding hydrogens is 763 g/mol. The van der Waals surface area contributed by atoms with Crippen LogP contribution in [0.1, 0.15) is 22.3 Å². The fourth-order valence-corrected chi connectivity index (χ4v) is 10.1. The van der Waals surface area contributed by atoms with Gasteiger partial charge in [-0.2, -0.15) is 0 Å². The highest BCUT2D eigenvalue weighted by atomic mass is 14.9. The molecule has 63 heavy (non-hydrogen) atoms. The van der Waals surface area contributed by atoms with Crippen LogP contribution in [-0.2, 0) is 5.41 Å². The van der Waals surface area contributed by atoms with E-state index in [1.54, 1.807) is 6.20 Å². The molecule has 0 spiro atoms. The van der Waals surface area contributed by atoms with Gasteiger partial charge in [0.2, 0.25) is 0 Å². The summed E-state index contributed by atoms with van der Waals surface area (Å²) in [6.07, 6.45) is 3.70. The van der Waals surface area contributed by atoms with E-state index < -0.39 is 5.41 Å². The monoisotopic (exact) mass is 801 g/mol. The van der Waals surface area contributed by atoms with Crippen LogP contribution in [0.5, 0.6) is 0 Å². The largest absolute Gasteiger partial charge is 0.264 e. The molecule has 0 atom stereocenters. The quantitative estimate of drug-likeness (QED) is 0.161. The van der Waals surface area contributed by atoms with Gasteiger partial charge in [0, 0.05) is 29.1 Å². The van der Waals surface area contributed by atoms with E-state index in [1.807, 2.05) is 30.5 Å². The zero-order valence-corrected chi connectivity index (χ0v) is 34.4. The summed E-state index contributed by atoms with van der Waals surface area (Å²) in [5, 5.41) is 4.81. The molecule has 0 unspecified atom stereocenters. The van der Waals surface area contributed by atoms with Crippen molar-refractivity contribution in [2.24, 2.45) is 0 Å². The summed E-state index contributed by atoms with van der Waals surface area (Å²) >= 11 is 0. The van der Waals surface area contributed by atoms with Gasteiger partial charge in [-0.3, -0.25) is 4.98 Å². The Balaban J connectivity index is 1.09. The molecule has 0 aliphatic heterocycles. The van der Waals surface area contributed by atoms with E-state index in [4.69, 9.17) is 9.97 Å². The van der Waals surface area contributed by atoms with Gasteiger partial charge in [-0.1, -0.05) is 212 Å². The van der Waals surface area contributed by atoms with Crippen LogP contribution in [0.3, 0.4) is 0 Å². The maximum Gasteiger partial charge on any atom is 0.160 e. The van der Waals surface area contributed by atoms with E-state index >= 15 is 0 Å². The highest BCUT2D eigenvalue weighted by Gasteiger charge is 2.48. The number of hydrogen-bond donors (Lipinski definition) is 0. The molecule has 11 aromatic rings. The van der Waals surface area contributed by atoms with Gasteiger partial charge in [-0.25, -0.2) is 9.97 Å². The number of hydrogen-bond acceptors (Lipinski definition) is 3. The van der Waals surface area contributed by atoms with Crippen molar-refractivity contribution in [3.05, 3.63) is 259 Å². The predicted molar refractivity (Wildman–Crippen MR) is 259 cm³/mol. The Bertz CT molecular complexity index is 3430. The number of rotatable bonds is 7. The summed E-state index contributed by atoms with van der Waals surface area (Å²) in [5.74, 6) is 0.689. The van der Waals surface area contributed by atoms with Gasteiger partial charge in [-0.05, 0) is 89.3 Å². The van der Waals surface area contributed by atoms with Gasteiger partial charge < -0.3 is 0 Å². The summed E-state index contributed by atoms with van der Waals surface area (Å²) in [4.78, 5) is 14.8. The Morgan fingerprint density at radius 3 is 1.56 bits per heavy atom. The third kappa shape index (κ3) is 5.93. The molecule has 9 aromatic carbocycles. The number of fused-ring (bicyclic) bond motifs is 6. The molecule has 2 heterocycles. The second kappa shape index (κ2) is 15.0. The SMILES string of the molecule is c1ccc(-c2nc(-c3ccc(-c4cccnc4)cc3)cc(-c3ccc(-c4cccc5c4C(c4ccccc4)(c4ccccc4)c4c-5ccc5ccccc45)c4ccccc34)n2)cc1. The van der Waals surface area contributed by atoms with Crippen LogP contribution >= 0.6 is 0 Å². The number of aromatic nitrogens is 3. The third-order valence-corrected chi connectivity index (χ3v) is 12.9. The van der Waals surface area contributed by atoms with Crippen molar-refractivity contribution >= 4 is 21.5 Å². The first-order valence-corrected chi connectivity index (χ1v) is 21.5. The lowest BCUT2D eigenvalue weighted by Crippen LogP contribution is -2.29. The summed E-state index contributed by atoms with van der Waals surface area (Å²) in [5.41, 5.74) is 16.4. The number of nitrogens with zero attached hydrogens (tertiary/aromatic N) is 3. The normalized spacial score (nSPS) is 12.6. The molecule has 2 aromatic heterocycles. The van der Waals surface area contributed by atoms with E-state index in [1.165, 1.54) is 60.7 Å². The van der Waals surface area contributed by atoms with Crippen molar-refractivity contribution in [1.29, 1.82) is 0 Å². The Labute approximate surface area is 366 Å². The van der Waals surface area contributed by atoms with Gasteiger partial charge >= 0.3 is 0 Å². The van der Waals surface area contributed by atoms with Crippen LogP contribution in [0.4, 0.5) is 0 Å². The van der Waals surface area contributed by atoms with Crippen LogP contribution in [0.15, 0.2) is 237 Å². The minimum absolute atomic E-state index is 0.594. The molecule has 0 amide bonds. The molecule has 1 aliphatic carbocycles. The van der Waals surface area contributed by atoms with Crippen molar-refractivity contribution in [2.75, 3.05) is 0 Å². The Morgan fingerprint density at radius 2 is 0.857 bits per heavy atom. The minimum atomic E-state index is -0.594. The first kappa shape index (κ1) is 36.6. The highest BCUT2D eigenvalue weighted by Crippen LogP contribution is 2.60. The van der Waals surface area contributed by atoms with Crippen LogP contribution in [0, 0.1) is 0 Å². The smallest absolute Gasteiger partial charge is 0.160 e. The molecule has 0 saturated heterocycles. The Morgan fingerprint density at radius 1 is 0.317 bits per heavy atom. The van der Waals surface area contributed by atoms with Gasteiger partial charge in [0.25, 0.3) is 0 Å². The lowest BCUT2D eigenvalue weighted by molar-refractivity contribution is 0.777. The zero-order chi connectivity index (χ0) is 41.7. The van der Waals surface area contributed by atoms with E-state index in [2.05, 4.69) is 205 Å². The highest BCUT2D eigenvalue weighted by molar-refractivity contribution is 6.08. The van der Waals surface area contributed by atoms with Crippen molar-refractivity contribution in [1.82, 2.24) is 15.0 Å². The standard InChI is InChI=1S/C60H39N3/c1-4-17-43(18-5-1)59-62-55(42-31-29-40(30-32-42)44-19-15-37-61-39-44)38-56(63-59)51-36-35-50(48-25-12-13-26-49(48)51)52-27-14-28-53-54-34-33-41-16-10-11-24-47(41)57(54)60(58(52)53,45-20-6-2-7-21-45)46-22-8-3-9-23-46/h1-39H. The van der Waals surface area contributed by atoms with Crippen LogP contribution < -0.4 is 0 Å². The van der Waals surface area contributed by atoms with Gasteiger partial charge in [-0.15, -0.1) is 0 Å². The summed E-state index contributed by atoms with van der Waals surface area (Å²) in [7, 11) is 0. The van der Waals surface area contributed by atoms with Crippen molar-refractivity contribution in [2.45, 2.75) is 5.41 Å². The molecule has 3 nitrogen and oxygen atoms in total. The lowest BCUT2D eigenvalue weighted by Gasteiger charge is -2.36. The third-order valence-electron chi connectivity index (χ3n) is 12.9. The maximum absolute atomic E-state index is 5.31. The molecular formula is C60H39N3. The van der Waals surface area contributed by atoms with Crippen LogP contribution in [-0.4, -0.2) is 15.0 Å². The molecule has 0 fully saturated rings. The average Bonchev–Trinajstić information content (AvgIpc) is 3.69. The minimum Gasteiger partial charge on any atom is -0.264 e. The maximum atomic E-state index is 5.31. The van der Waals surface area contributed by atoms with E-state index in [9.17, 15) is 0 Å². The van der Waals surface area contributed by atoms with Gasteiger partial charge in [0.15, 0.2) is 5.82 Å². The second-order valence-electron chi connectivity index (χ2n) is 16.3. The number of benzene rings is 9. The molecule has 1 aliphatic rings. The lowest BCUT2D eigenvalue weighted by atomic mass is 9.65. The van der Waals surface area contributed by atoms with E-state index in [0.29, 0.717) is 5.82 Å². The first-order chi connectivity index (χ1) is 31.3. The molecule has 0 bridgehead atoms. The van der Waals surface area contributed by atoms with Crippen LogP contribution in [0.2, 0.25) is 0 Å². The molecule has 12 rings (SSSR count). The second-order valence-corrected chi connectivity index (χ2v) is 16.3. The average molecular weight is 802 g/mol. The van der Waals surface area contributed by atoms with Crippen LogP contribution in [0.25, 0.3) is 88.8 Å².